The maximum Gasteiger partial charge on any atom is 0.303 e. The van der Waals surface area contributed by atoms with Crippen LogP contribution in [0.25, 0.3) is 0 Å². The Balaban J connectivity index is 1.77. The van der Waals surface area contributed by atoms with Gasteiger partial charge < -0.3 is 28.8 Å². The molecule has 1 saturated heterocycles. The quantitative estimate of drug-likeness (QED) is 0.243. The smallest absolute Gasteiger partial charge is 0.303 e. The molecule has 192 valence electrons. The average Bonchev–Trinajstić information content (AvgIpc) is 2.82. The molecule has 2 aromatic rings. The number of non-ortho nitro benzene ring substituents is 1. The molecule has 1 aliphatic heterocycles. The second kappa shape index (κ2) is 11.6. The first-order chi connectivity index (χ1) is 17.0. The molecule has 1 N–H and O–H groups in total. The number of nitrogens with zero attached hydrogens (tertiary/aromatic N) is 1. The van der Waals surface area contributed by atoms with Gasteiger partial charge in [-0.15, -0.1) is 0 Å². The topological polar surface area (TPSA) is 161 Å². The Morgan fingerprint density at radius 1 is 0.889 bits per heavy atom. The number of hydrogen-bond donors (Lipinski definition) is 1. The summed E-state index contributed by atoms with van der Waals surface area (Å²) in [6.45, 7) is 3.32. The van der Waals surface area contributed by atoms with E-state index in [4.69, 9.17) is 23.7 Å². The Morgan fingerprint density at radius 2 is 1.39 bits per heavy atom. The van der Waals surface area contributed by atoms with Crippen molar-refractivity contribution in [3.05, 3.63) is 69.8 Å². The van der Waals surface area contributed by atoms with Crippen molar-refractivity contribution in [1.29, 1.82) is 0 Å². The second-order valence-electron chi connectivity index (χ2n) is 7.94. The minimum Gasteiger partial charge on any atom is -0.461 e. The molecular weight excluding hydrogens is 478 g/mol. The number of rotatable bonds is 8. The van der Waals surface area contributed by atoms with Gasteiger partial charge in [-0.3, -0.25) is 24.5 Å². The largest absolute Gasteiger partial charge is 0.461 e. The van der Waals surface area contributed by atoms with E-state index in [0.717, 1.165) is 13.8 Å². The van der Waals surface area contributed by atoms with Gasteiger partial charge in [-0.2, -0.15) is 0 Å². The van der Waals surface area contributed by atoms with Crippen molar-refractivity contribution in [2.45, 2.75) is 51.5 Å². The molecule has 0 spiro atoms. The van der Waals surface area contributed by atoms with Gasteiger partial charge in [0.1, 0.15) is 11.9 Å². The van der Waals surface area contributed by atoms with E-state index in [0.29, 0.717) is 11.1 Å². The summed E-state index contributed by atoms with van der Waals surface area (Å²) in [5.41, 5.74) is 0.859. The molecule has 12 nitrogen and oxygen atoms in total. The fourth-order valence-corrected chi connectivity index (χ4v) is 3.64. The van der Waals surface area contributed by atoms with Crippen LogP contribution in [-0.4, -0.2) is 59.1 Å². The van der Waals surface area contributed by atoms with Gasteiger partial charge in [0.15, 0.2) is 12.2 Å². The lowest BCUT2D eigenvalue weighted by Gasteiger charge is -2.40. The Morgan fingerprint density at radius 3 is 1.89 bits per heavy atom. The van der Waals surface area contributed by atoms with Gasteiger partial charge in [-0.1, -0.05) is 12.1 Å². The van der Waals surface area contributed by atoms with Crippen LogP contribution in [0, 0.1) is 10.1 Å². The summed E-state index contributed by atoms with van der Waals surface area (Å²) in [4.78, 5) is 45.2. The highest BCUT2D eigenvalue weighted by molar-refractivity contribution is 5.68. The Hall–Kier alpha value is -4.03. The number of carbonyl (C=O) groups excluding carboxylic acids is 3. The number of esters is 3. The molecule has 0 aromatic heterocycles. The molecule has 36 heavy (non-hydrogen) atoms. The van der Waals surface area contributed by atoms with E-state index in [-0.39, 0.29) is 18.0 Å². The van der Waals surface area contributed by atoms with E-state index in [1.807, 2.05) is 0 Å². The molecule has 0 amide bonds. The number of ether oxygens (including phenoxy) is 5. The third-order valence-electron chi connectivity index (χ3n) is 5.17. The number of nitro benzene ring substituents is 1. The SMILES string of the molecule is CC(=O)O[C@@H]1[C@@H](OC(C)=O)[C@H](Oc2ccc(C(O)c3ccc([N+](=O)[O-])cc3)cc2)OC[C@H]1OC(C)=O. The van der Waals surface area contributed by atoms with Gasteiger partial charge in [0.2, 0.25) is 12.4 Å². The van der Waals surface area contributed by atoms with E-state index < -0.39 is 53.5 Å². The summed E-state index contributed by atoms with van der Waals surface area (Å²) in [6.07, 6.45) is -5.67. The summed E-state index contributed by atoms with van der Waals surface area (Å²) < 4.78 is 27.2. The summed E-state index contributed by atoms with van der Waals surface area (Å²) in [5, 5.41) is 21.4. The first kappa shape index (κ1) is 26.6. The minimum atomic E-state index is -1.24. The molecule has 12 heteroatoms. The third kappa shape index (κ3) is 6.77. The van der Waals surface area contributed by atoms with Crippen LogP contribution < -0.4 is 4.74 Å². The van der Waals surface area contributed by atoms with Gasteiger partial charge in [-0.05, 0) is 35.4 Å². The zero-order chi connectivity index (χ0) is 26.4. The molecule has 1 aliphatic rings. The van der Waals surface area contributed by atoms with Gasteiger partial charge in [-0.25, -0.2) is 0 Å². The van der Waals surface area contributed by atoms with Crippen LogP contribution in [0.15, 0.2) is 48.5 Å². The summed E-state index contributed by atoms with van der Waals surface area (Å²) in [6, 6.07) is 11.8. The fraction of sp³-hybridized carbons (Fsp3) is 0.375. The standard InChI is InChI=1S/C24H25NO11/c1-13(26)33-20-12-32-24(23(35-15(3)28)22(20)34-14(2)27)36-19-10-6-17(7-11-19)21(29)16-4-8-18(9-5-16)25(30)31/h4-11,20-24,29H,12H2,1-3H3/t20-,21?,22+,23-,24+/m1/s1. The molecule has 1 unspecified atom stereocenters. The Kier molecular flexibility index (Phi) is 8.56. The minimum absolute atomic E-state index is 0.0903. The number of carbonyl (C=O) groups is 3. The van der Waals surface area contributed by atoms with E-state index in [2.05, 4.69) is 0 Å². The lowest BCUT2D eigenvalue weighted by Crippen LogP contribution is -2.59. The van der Waals surface area contributed by atoms with Crippen molar-refractivity contribution < 1.29 is 48.1 Å². The highest BCUT2D eigenvalue weighted by atomic mass is 16.7. The van der Waals surface area contributed by atoms with Crippen LogP contribution in [0.5, 0.6) is 5.75 Å². The van der Waals surface area contributed by atoms with Crippen LogP contribution in [0.2, 0.25) is 0 Å². The molecule has 1 heterocycles. The van der Waals surface area contributed by atoms with Crippen molar-refractivity contribution in [3.63, 3.8) is 0 Å². The van der Waals surface area contributed by atoms with Gasteiger partial charge in [0.25, 0.3) is 5.69 Å². The van der Waals surface area contributed by atoms with E-state index >= 15 is 0 Å². The maximum atomic E-state index is 11.7. The Bertz CT molecular complexity index is 1100. The van der Waals surface area contributed by atoms with Crippen molar-refractivity contribution >= 4 is 23.6 Å². The molecule has 0 bridgehead atoms. The third-order valence-corrected chi connectivity index (χ3v) is 5.17. The Labute approximate surface area is 205 Å². The van der Waals surface area contributed by atoms with Crippen LogP contribution in [0.4, 0.5) is 5.69 Å². The number of hydrogen-bond acceptors (Lipinski definition) is 11. The van der Waals surface area contributed by atoms with Crippen LogP contribution in [0.3, 0.4) is 0 Å². The lowest BCUT2D eigenvalue weighted by atomic mass is 10.0. The molecule has 0 saturated carbocycles. The molecule has 5 atom stereocenters. The predicted molar refractivity (Wildman–Crippen MR) is 121 cm³/mol. The monoisotopic (exact) mass is 503 g/mol. The molecule has 0 radical (unpaired) electrons. The molecule has 1 fully saturated rings. The molecule has 2 aromatic carbocycles. The summed E-state index contributed by atoms with van der Waals surface area (Å²) >= 11 is 0. The van der Waals surface area contributed by atoms with Crippen LogP contribution in [-0.2, 0) is 33.3 Å². The average molecular weight is 503 g/mol. The van der Waals surface area contributed by atoms with Crippen molar-refractivity contribution in [2.75, 3.05) is 6.61 Å². The number of aliphatic hydroxyl groups is 1. The van der Waals surface area contributed by atoms with Crippen LogP contribution >= 0.6 is 0 Å². The van der Waals surface area contributed by atoms with E-state index in [1.54, 1.807) is 12.1 Å². The van der Waals surface area contributed by atoms with Gasteiger partial charge >= 0.3 is 17.9 Å². The van der Waals surface area contributed by atoms with E-state index in [9.17, 15) is 29.6 Å². The zero-order valence-corrected chi connectivity index (χ0v) is 19.7. The van der Waals surface area contributed by atoms with Crippen LogP contribution in [0.1, 0.15) is 38.0 Å². The second-order valence-corrected chi connectivity index (χ2v) is 7.94. The zero-order valence-electron chi connectivity index (χ0n) is 19.7. The fourth-order valence-electron chi connectivity index (χ4n) is 3.64. The van der Waals surface area contributed by atoms with Gasteiger partial charge in [0.05, 0.1) is 11.5 Å². The normalized spacial score (nSPS) is 22.1. The molecule has 3 rings (SSSR count). The molecular formula is C24H25NO11. The number of benzene rings is 2. The number of nitro groups is 1. The van der Waals surface area contributed by atoms with Crippen molar-refractivity contribution in [2.24, 2.45) is 0 Å². The summed E-state index contributed by atoms with van der Waals surface area (Å²) in [5.74, 6) is -1.73. The number of aliphatic hydroxyl groups excluding tert-OH is 1. The first-order valence-corrected chi connectivity index (χ1v) is 10.9. The highest BCUT2D eigenvalue weighted by Crippen LogP contribution is 2.29. The lowest BCUT2D eigenvalue weighted by molar-refractivity contribution is -0.384. The predicted octanol–water partition coefficient (Wildman–Crippen LogP) is 2.21. The van der Waals surface area contributed by atoms with E-state index in [1.165, 1.54) is 43.3 Å². The summed E-state index contributed by atoms with van der Waals surface area (Å²) in [7, 11) is 0. The molecule has 0 aliphatic carbocycles. The maximum absolute atomic E-state index is 11.7. The van der Waals surface area contributed by atoms with Crippen molar-refractivity contribution in [3.8, 4) is 5.75 Å². The highest BCUT2D eigenvalue weighted by Gasteiger charge is 2.48. The van der Waals surface area contributed by atoms with Gasteiger partial charge in [0, 0.05) is 32.9 Å². The first-order valence-electron chi connectivity index (χ1n) is 10.9. The van der Waals surface area contributed by atoms with Crippen molar-refractivity contribution in [1.82, 2.24) is 0 Å².